The van der Waals surface area contributed by atoms with Crippen LogP contribution < -0.4 is 5.32 Å². The minimum Gasteiger partial charge on any atom is -0.378 e. The van der Waals surface area contributed by atoms with Crippen molar-refractivity contribution in [2.24, 2.45) is 11.8 Å². The first-order valence-corrected chi connectivity index (χ1v) is 7.42. The first-order chi connectivity index (χ1) is 9.25. The Morgan fingerprint density at radius 3 is 1.75 bits per heavy atom. The van der Waals surface area contributed by atoms with E-state index in [1.165, 1.54) is 0 Å². The summed E-state index contributed by atoms with van der Waals surface area (Å²) in [6.07, 6.45) is 0. The Hall–Kier alpha value is -1.50. The third kappa shape index (κ3) is 7.83. The van der Waals surface area contributed by atoms with E-state index in [-0.39, 0.29) is 6.04 Å². The molecule has 1 nitrogen and oxygen atoms in total. The second-order valence-electron chi connectivity index (χ2n) is 6.29. The predicted octanol–water partition coefficient (Wildman–Crippen LogP) is 5.51. The number of benzene rings is 1. The monoisotopic (exact) mass is 273 g/mol. The van der Waals surface area contributed by atoms with Crippen LogP contribution in [0.15, 0.2) is 49.1 Å². The molecule has 0 aromatic heterocycles. The van der Waals surface area contributed by atoms with Crippen molar-refractivity contribution in [2.45, 2.75) is 47.6 Å². The lowest BCUT2D eigenvalue weighted by atomic mass is 9.97. The van der Waals surface area contributed by atoms with Crippen molar-refractivity contribution < 1.29 is 0 Å². The number of hydrogen-bond donors (Lipinski definition) is 1. The molecule has 0 fully saturated rings. The van der Waals surface area contributed by atoms with Crippen molar-refractivity contribution in [2.75, 3.05) is 0 Å². The maximum Gasteiger partial charge on any atom is 0.0491 e. The largest absolute Gasteiger partial charge is 0.378 e. The molecule has 0 radical (unpaired) electrons. The second-order valence-corrected chi connectivity index (χ2v) is 6.29. The fourth-order valence-corrected chi connectivity index (χ4v) is 1.77. The van der Waals surface area contributed by atoms with Gasteiger partial charge in [0.25, 0.3) is 0 Å². The highest BCUT2D eigenvalue weighted by atomic mass is 14.9. The zero-order valence-corrected chi connectivity index (χ0v) is 14.0. The topological polar surface area (TPSA) is 12.0 Å². The van der Waals surface area contributed by atoms with E-state index < -0.39 is 0 Å². The van der Waals surface area contributed by atoms with Gasteiger partial charge < -0.3 is 5.32 Å². The van der Waals surface area contributed by atoms with E-state index in [1.807, 2.05) is 18.2 Å². The molecule has 112 valence electrons. The van der Waals surface area contributed by atoms with Crippen LogP contribution in [0.2, 0.25) is 0 Å². The molecule has 0 saturated carbocycles. The van der Waals surface area contributed by atoms with Gasteiger partial charge >= 0.3 is 0 Å². The Kier molecular flexibility index (Phi) is 8.71. The first-order valence-electron chi connectivity index (χ1n) is 7.42. The van der Waals surface area contributed by atoms with E-state index in [9.17, 15) is 0 Å². The van der Waals surface area contributed by atoms with Gasteiger partial charge in [-0.25, -0.2) is 0 Å². The van der Waals surface area contributed by atoms with E-state index in [0.29, 0.717) is 5.92 Å². The fourth-order valence-electron chi connectivity index (χ4n) is 1.77. The van der Waals surface area contributed by atoms with Crippen molar-refractivity contribution in [1.82, 2.24) is 5.32 Å². The number of hydrogen-bond acceptors (Lipinski definition) is 1. The summed E-state index contributed by atoms with van der Waals surface area (Å²) in [5, 5.41) is 3.44. The van der Waals surface area contributed by atoms with Crippen molar-refractivity contribution >= 4 is 5.70 Å². The SMILES string of the molecule is C=C(NC(C(=C)C)C(C)C)c1ccccc1.CC(C)C. The summed E-state index contributed by atoms with van der Waals surface area (Å²) < 4.78 is 0. The molecule has 1 aromatic carbocycles. The van der Waals surface area contributed by atoms with Gasteiger partial charge in [-0.15, -0.1) is 0 Å². The van der Waals surface area contributed by atoms with E-state index in [0.717, 1.165) is 22.8 Å². The fraction of sp³-hybridized carbons (Fsp3) is 0.474. The molecule has 20 heavy (non-hydrogen) atoms. The first kappa shape index (κ1) is 18.5. The average Bonchev–Trinajstić information content (AvgIpc) is 2.35. The molecule has 0 spiro atoms. The summed E-state index contributed by atoms with van der Waals surface area (Å²) in [6, 6.07) is 10.5. The molecule has 0 amide bonds. The predicted molar refractivity (Wildman–Crippen MR) is 92.6 cm³/mol. The van der Waals surface area contributed by atoms with Gasteiger partial charge in [0, 0.05) is 11.7 Å². The lowest BCUT2D eigenvalue weighted by Gasteiger charge is -2.25. The highest BCUT2D eigenvalue weighted by Gasteiger charge is 2.14. The summed E-state index contributed by atoms with van der Waals surface area (Å²) in [4.78, 5) is 0. The van der Waals surface area contributed by atoms with Gasteiger partial charge in [-0.2, -0.15) is 0 Å². The molecule has 1 aromatic rings. The lowest BCUT2D eigenvalue weighted by molar-refractivity contribution is 0.502. The highest BCUT2D eigenvalue weighted by Crippen LogP contribution is 2.16. The Balaban J connectivity index is 0.000000796. The summed E-state index contributed by atoms with van der Waals surface area (Å²) in [5.74, 6) is 1.35. The van der Waals surface area contributed by atoms with E-state index in [4.69, 9.17) is 0 Å². The minimum absolute atomic E-state index is 0.285. The minimum atomic E-state index is 0.285. The summed E-state index contributed by atoms with van der Waals surface area (Å²) in [6.45, 7) is 21.0. The molecule has 0 aliphatic heterocycles. The van der Waals surface area contributed by atoms with Crippen LogP contribution in [0.3, 0.4) is 0 Å². The molecular formula is C19H31N. The van der Waals surface area contributed by atoms with E-state index >= 15 is 0 Å². The summed E-state index contributed by atoms with van der Waals surface area (Å²) in [5.41, 5.74) is 3.24. The van der Waals surface area contributed by atoms with Crippen LogP contribution in [-0.2, 0) is 0 Å². The van der Waals surface area contributed by atoms with Crippen LogP contribution in [0.5, 0.6) is 0 Å². The molecule has 0 aliphatic rings. The number of rotatable bonds is 5. The molecule has 1 N–H and O–H groups in total. The zero-order chi connectivity index (χ0) is 15.7. The smallest absolute Gasteiger partial charge is 0.0491 e. The third-order valence-electron chi connectivity index (χ3n) is 2.65. The molecule has 1 heteroatoms. The standard InChI is InChI=1S/C15H21N.C4H10/c1-11(2)15(12(3)4)16-13(5)14-9-7-6-8-10-14;1-4(2)3/h6-10,12,15-16H,1,5H2,2-4H3;4H,1-3H3. The van der Waals surface area contributed by atoms with Crippen LogP contribution in [0.4, 0.5) is 0 Å². The second kappa shape index (κ2) is 9.41. The van der Waals surface area contributed by atoms with Gasteiger partial charge in [0.05, 0.1) is 0 Å². The Bertz CT molecular complexity index is 398. The van der Waals surface area contributed by atoms with Crippen LogP contribution in [0.1, 0.15) is 47.1 Å². The molecular weight excluding hydrogens is 242 g/mol. The normalized spacial score (nSPS) is 11.6. The maximum atomic E-state index is 4.08. The van der Waals surface area contributed by atoms with Gasteiger partial charge in [0.15, 0.2) is 0 Å². The Morgan fingerprint density at radius 1 is 0.950 bits per heavy atom. The lowest BCUT2D eigenvalue weighted by Crippen LogP contribution is -2.33. The Labute approximate surface area is 125 Å². The van der Waals surface area contributed by atoms with Crippen LogP contribution >= 0.6 is 0 Å². The molecule has 1 unspecified atom stereocenters. The van der Waals surface area contributed by atoms with E-state index in [1.54, 1.807) is 0 Å². The van der Waals surface area contributed by atoms with Gasteiger partial charge in [-0.1, -0.05) is 83.7 Å². The third-order valence-corrected chi connectivity index (χ3v) is 2.65. The van der Waals surface area contributed by atoms with Gasteiger partial charge in [-0.3, -0.25) is 0 Å². The molecule has 1 rings (SSSR count). The molecule has 0 heterocycles. The maximum absolute atomic E-state index is 4.08. The van der Waals surface area contributed by atoms with Gasteiger partial charge in [0.2, 0.25) is 0 Å². The van der Waals surface area contributed by atoms with Crippen LogP contribution in [-0.4, -0.2) is 6.04 Å². The van der Waals surface area contributed by atoms with Gasteiger partial charge in [-0.05, 0) is 24.3 Å². The van der Waals surface area contributed by atoms with Crippen LogP contribution in [0.25, 0.3) is 5.70 Å². The van der Waals surface area contributed by atoms with Crippen molar-refractivity contribution in [1.29, 1.82) is 0 Å². The van der Waals surface area contributed by atoms with Crippen LogP contribution in [0, 0.1) is 11.8 Å². The van der Waals surface area contributed by atoms with Gasteiger partial charge in [0.1, 0.15) is 0 Å². The summed E-state index contributed by atoms with van der Waals surface area (Å²) in [7, 11) is 0. The molecule has 1 atom stereocenters. The zero-order valence-electron chi connectivity index (χ0n) is 14.0. The van der Waals surface area contributed by atoms with E-state index in [2.05, 4.69) is 72.1 Å². The number of nitrogens with one attached hydrogen (secondary N) is 1. The van der Waals surface area contributed by atoms with Crippen molar-refractivity contribution in [3.63, 3.8) is 0 Å². The van der Waals surface area contributed by atoms with Crippen molar-refractivity contribution in [3.05, 3.63) is 54.6 Å². The Morgan fingerprint density at radius 2 is 1.40 bits per heavy atom. The quantitative estimate of drug-likeness (QED) is 0.697. The summed E-state index contributed by atoms with van der Waals surface area (Å²) >= 11 is 0. The molecule has 0 bridgehead atoms. The average molecular weight is 273 g/mol. The molecule has 0 saturated heterocycles. The van der Waals surface area contributed by atoms with Crippen molar-refractivity contribution in [3.8, 4) is 0 Å². The highest BCUT2D eigenvalue weighted by molar-refractivity contribution is 5.62. The molecule has 0 aliphatic carbocycles.